The molecule has 0 saturated heterocycles. The Kier molecular flexibility index (Phi) is 4.19. The van der Waals surface area contributed by atoms with Gasteiger partial charge in [-0.3, -0.25) is 0 Å². The van der Waals surface area contributed by atoms with Gasteiger partial charge in [-0.05, 0) is 48.5 Å². The Labute approximate surface area is 158 Å². The molecule has 4 heteroatoms. The molecular formula is C23H22NO3+. The summed E-state index contributed by atoms with van der Waals surface area (Å²) in [5, 5.41) is 0. The van der Waals surface area contributed by atoms with Gasteiger partial charge in [-0.25, -0.2) is 0 Å². The van der Waals surface area contributed by atoms with Gasteiger partial charge in [-0.1, -0.05) is 24.3 Å². The molecule has 1 unspecified atom stereocenters. The zero-order valence-corrected chi connectivity index (χ0v) is 15.7. The second kappa shape index (κ2) is 6.54. The normalized spacial score (nSPS) is 17.4. The molecule has 0 radical (unpaired) electrons. The number of nitrogens with zero attached hydrogens (tertiary/aromatic N) is 1. The van der Waals surface area contributed by atoms with Gasteiger partial charge in [0, 0.05) is 38.8 Å². The van der Waals surface area contributed by atoms with Crippen molar-refractivity contribution in [3.05, 3.63) is 100.0 Å². The lowest BCUT2D eigenvalue weighted by Crippen LogP contribution is -2.36. The number of fused-ring (bicyclic) bond motifs is 1. The highest BCUT2D eigenvalue weighted by Crippen LogP contribution is 2.51. The number of hydrogen-bond donors (Lipinski definition) is 0. The third-order valence-electron chi connectivity index (χ3n) is 5.50. The highest BCUT2D eigenvalue weighted by Gasteiger charge is 2.60. The zero-order chi connectivity index (χ0) is 19.0. The Hall–Kier alpha value is -3.14. The van der Waals surface area contributed by atoms with Crippen LogP contribution < -0.4 is 9.47 Å². The van der Waals surface area contributed by atoms with E-state index in [1.165, 1.54) is 4.76 Å². The monoisotopic (exact) mass is 360 g/mol. The summed E-state index contributed by atoms with van der Waals surface area (Å²) in [6, 6.07) is 23.3. The smallest absolute Gasteiger partial charge is 0.287 e. The van der Waals surface area contributed by atoms with Gasteiger partial charge in [0.15, 0.2) is 0 Å². The quantitative estimate of drug-likeness (QED) is 0.624. The number of rotatable bonds is 4. The molecule has 3 aromatic rings. The first kappa shape index (κ1) is 17.3. The van der Waals surface area contributed by atoms with Crippen molar-refractivity contribution in [1.29, 1.82) is 0 Å². The molecule has 0 aliphatic carbocycles. The van der Waals surface area contributed by atoms with Crippen LogP contribution in [0.4, 0.5) is 0 Å². The van der Waals surface area contributed by atoms with Crippen LogP contribution in [0.1, 0.15) is 35.2 Å². The van der Waals surface area contributed by atoms with Crippen molar-refractivity contribution in [2.75, 3.05) is 14.2 Å². The van der Waals surface area contributed by atoms with Gasteiger partial charge in [-0.15, -0.1) is 0 Å². The van der Waals surface area contributed by atoms with Gasteiger partial charge in [-0.2, -0.15) is 0 Å². The largest absolute Gasteiger partial charge is 0.497 e. The summed E-state index contributed by atoms with van der Waals surface area (Å²) in [4.78, 5) is 13.6. The van der Waals surface area contributed by atoms with Crippen molar-refractivity contribution in [2.24, 2.45) is 0 Å². The van der Waals surface area contributed by atoms with Gasteiger partial charge < -0.3 is 9.47 Å². The van der Waals surface area contributed by atoms with Gasteiger partial charge in [0.2, 0.25) is 6.04 Å². The summed E-state index contributed by atoms with van der Waals surface area (Å²) in [5.74, 6) is 1.53. The molecule has 0 bridgehead atoms. The van der Waals surface area contributed by atoms with Crippen LogP contribution in [0, 0.1) is 4.91 Å². The first-order valence-electron chi connectivity index (χ1n) is 8.98. The van der Waals surface area contributed by atoms with Gasteiger partial charge in [0.1, 0.15) is 11.5 Å². The summed E-state index contributed by atoms with van der Waals surface area (Å²) in [6.45, 7) is 1.96. The van der Waals surface area contributed by atoms with Crippen LogP contribution in [0.3, 0.4) is 0 Å². The molecule has 1 aliphatic rings. The van der Waals surface area contributed by atoms with Crippen LogP contribution in [0.5, 0.6) is 11.5 Å². The zero-order valence-electron chi connectivity index (χ0n) is 15.7. The molecule has 0 fully saturated rings. The third-order valence-corrected chi connectivity index (χ3v) is 5.50. The third kappa shape index (κ3) is 2.44. The molecule has 0 aromatic heterocycles. The van der Waals surface area contributed by atoms with Crippen molar-refractivity contribution >= 4 is 0 Å². The van der Waals surface area contributed by atoms with Crippen molar-refractivity contribution < 1.29 is 14.2 Å². The van der Waals surface area contributed by atoms with Crippen LogP contribution in [0.25, 0.3) is 0 Å². The van der Waals surface area contributed by atoms with Crippen molar-refractivity contribution in [3.8, 4) is 11.5 Å². The van der Waals surface area contributed by atoms with E-state index < -0.39 is 5.54 Å². The van der Waals surface area contributed by atoms with Crippen LogP contribution in [-0.2, 0) is 5.54 Å². The lowest BCUT2D eigenvalue weighted by Gasteiger charge is -2.24. The van der Waals surface area contributed by atoms with Crippen LogP contribution in [-0.4, -0.2) is 19.0 Å². The first-order valence-corrected chi connectivity index (χ1v) is 8.98. The van der Waals surface area contributed by atoms with Crippen molar-refractivity contribution in [3.63, 3.8) is 0 Å². The number of nitroso groups, excluding NO2 is 1. The van der Waals surface area contributed by atoms with Crippen LogP contribution in [0.2, 0.25) is 0 Å². The van der Waals surface area contributed by atoms with E-state index in [1.54, 1.807) is 14.2 Å². The van der Waals surface area contributed by atoms with E-state index in [-0.39, 0.29) is 6.04 Å². The van der Waals surface area contributed by atoms with E-state index in [0.29, 0.717) is 0 Å². The van der Waals surface area contributed by atoms with E-state index in [0.717, 1.165) is 33.8 Å². The number of benzene rings is 3. The molecule has 27 heavy (non-hydrogen) atoms. The summed E-state index contributed by atoms with van der Waals surface area (Å²) in [6.07, 6.45) is 0. The van der Waals surface area contributed by atoms with E-state index in [1.807, 2.05) is 73.7 Å². The standard InChI is InChI=1S/C23H22NO3/c1-16-21-6-4-5-7-22(21)23(24(16)25,17-8-12-19(26-2)13-9-17)18-10-14-20(27-3)15-11-18/h4-16H,1-3H3/q+1. The second-order valence-electron chi connectivity index (χ2n) is 6.76. The SMILES string of the molecule is COc1ccc(C2(c3ccc(OC)cc3)c3ccccc3C(C)[N+]2=O)cc1. The molecule has 0 saturated carbocycles. The average Bonchev–Trinajstić information content (AvgIpc) is 2.96. The Morgan fingerprint density at radius 3 is 1.74 bits per heavy atom. The second-order valence-corrected chi connectivity index (χ2v) is 6.76. The fourth-order valence-corrected chi connectivity index (χ4v) is 4.12. The maximum atomic E-state index is 13.6. The average molecular weight is 360 g/mol. The molecule has 136 valence electrons. The predicted octanol–water partition coefficient (Wildman–Crippen LogP) is 4.85. The molecule has 4 rings (SSSR count). The maximum Gasteiger partial charge on any atom is 0.287 e. The van der Waals surface area contributed by atoms with E-state index in [9.17, 15) is 4.91 Å². The Morgan fingerprint density at radius 1 is 0.778 bits per heavy atom. The van der Waals surface area contributed by atoms with Crippen molar-refractivity contribution in [2.45, 2.75) is 18.5 Å². The van der Waals surface area contributed by atoms with Crippen LogP contribution in [0.15, 0.2) is 72.8 Å². The molecule has 4 nitrogen and oxygen atoms in total. The summed E-state index contributed by atoms with van der Waals surface area (Å²) in [7, 11) is 3.28. The molecule has 0 spiro atoms. The molecule has 1 heterocycles. The minimum absolute atomic E-state index is 0.245. The highest BCUT2D eigenvalue weighted by molar-refractivity contribution is 5.54. The molecule has 3 aromatic carbocycles. The Morgan fingerprint density at radius 2 is 1.26 bits per heavy atom. The van der Waals surface area contributed by atoms with Crippen LogP contribution >= 0.6 is 0 Å². The summed E-state index contributed by atoms with van der Waals surface area (Å²) < 4.78 is 11.8. The molecule has 1 aliphatic heterocycles. The molecule has 1 atom stereocenters. The van der Waals surface area contributed by atoms with E-state index >= 15 is 0 Å². The Bertz CT molecular complexity index is 930. The Balaban J connectivity index is 2.02. The number of methoxy groups -OCH3 is 2. The molecular weight excluding hydrogens is 338 g/mol. The minimum Gasteiger partial charge on any atom is -0.497 e. The maximum absolute atomic E-state index is 13.6. The number of hydrogen-bond acceptors (Lipinski definition) is 3. The molecule has 0 amide bonds. The topological polar surface area (TPSA) is 38.5 Å². The first-order chi connectivity index (χ1) is 13.1. The van der Waals surface area contributed by atoms with Gasteiger partial charge in [0.05, 0.1) is 14.2 Å². The lowest BCUT2D eigenvalue weighted by atomic mass is 9.78. The summed E-state index contributed by atoms with van der Waals surface area (Å²) >= 11 is 0. The van der Waals surface area contributed by atoms with Gasteiger partial charge in [0.25, 0.3) is 5.54 Å². The fraction of sp³-hybridized carbons (Fsp3) is 0.217. The summed E-state index contributed by atoms with van der Waals surface area (Å²) in [5.41, 5.74) is 3.00. The fourth-order valence-electron chi connectivity index (χ4n) is 4.12. The predicted molar refractivity (Wildman–Crippen MR) is 104 cm³/mol. The lowest BCUT2D eigenvalue weighted by molar-refractivity contribution is -0.638. The van der Waals surface area contributed by atoms with E-state index in [4.69, 9.17) is 9.47 Å². The van der Waals surface area contributed by atoms with Gasteiger partial charge >= 0.3 is 0 Å². The highest BCUT2D eigenvalue weighted by atomic mass is 16.5. The van der Waals surface area contributed by atoms with Crippen molar-refractivity contribution in [1.82, 2.24) is 0 Å². The van der Waals surface area contributed by atoms with E-state index in [2.05, 4.69) is 6.07 Å². The minimum atomic E-state index is -0.908. The number of ether oxygens (including phenoxy) is 2. The molecule has 0 N–H and O–H groups in total.